The second-order valence-corrected chi connectivity index (χ2v) is 9.43. The van der Waals surface area contributed by atoms with E-state index in [4.69, 9.17) is 16.3 Å². The molecule has 14 nitrogen and oxygen atoms in total. The van der Waals surface area contributed by atoms with Crippen LogP contribution in [-0.4, -0.2) is 67.4 Å². The maximum atomic E-state index is 12.9. The maximum absolute atomic E-state index is 12.9. The number of pyridine rings is 1. The first kappa shape index (κ1) is 25.1. The number of fused-ring (bicyclic) bond motifs is 1. The molecule has 0 aliphatic carbocycles. The van der Waals surface area contributed by atoms with Crippen molar-refractivity contribution in [1.82, 2.24) is 19.6 Å². The minimum absolute atomic E-state index is 0.0552. The summed E-state index contributed by atoms with van der Waals surface area (Å²) in [6.45, 7) is 1.99. The molecular formula is C20H20N8O6S2. The maximum Gasteiger partial charge on any atom is 0.278 e. The number of thioether (sulfide) groups is 1. The van der Waals surface area contributed by atoms with Gasteiger partial charge in [0.25, 0.3) is 11.8 Å². The minimum Gasteiger partial charge on any atom is -0.543 e. The number of carboxylic acid groups (broad SMARTS) is 1. The number of hydrogen-bond acceptors (Lipinski definition) is 12. The fourth-order valence-corrected chi connectivity index (χ4v) is 5.36. The van der Waals surface area contributed by atoms with Crippen LogP contribution >= 0.6 is 23.3 Å². The van der Waals surface area contributed by atoms with E-state index in [9.17, 15) is 24.3 Å². The Hall–Kier alpha value is -4.05. The van der Waals surface area contributed by atoms with Crippen molar-refractivity contribution in [3.05, 3.63) is 47.2 Å². The molecule has 0 aromatic carbocycles. The monoisotopic (exact) mass is 532 g/mol. The van der Waals surface area contributed by atoms with Gasteiger partial charge < -0.3 is 31.5 Å². The number of β-lactam (4-membered cyclic amide) rings is 1. The first-order valence-corrected chi connectivity index (χ1v) is 12.3. The number of oxime groups is 1. The molecule has 2 aromatic heterocycles. The van der Waals surface area contributed by atoms with Crippen LogP contribution in [0, 0.1) is 0 Å². The molecule has 36 heavy (non-hydrogen) atoms. The van der Waals surface area contributed by atoms with Crippen molar-refractivity contribution >= 4 is 57.8 Å². The van der Waals surface area contributed by atoms with Crippen molar-refractivity contribution in [2.75, 3.05) is 18.1 Å². The average molecular weight is 533 g/mol. The predicted molar refractivity (Wildman–Crippen MR) is 125 cm³/mol. The summed E-state index contributed by atoms with van der Waals surface area (Å²) in [7, 11) is 0. The van der Waals surface area contributed by atoms with Crippen molar-refractivity contribution in [3.63, 3.8) is 0 Å². The lowest BCUT2D eigenvalue weighted by Gasteiger charge is -2.50. The molecule has 0 bridgehead atoms. The van der Waals surface area contributed by atoms with Gasteiger partial charge in [-0.1, -0.05) is 5.16 Å². The zero-order chi connectivity index (χ0) is 26.0. The van der Waals surface area contributed by atoms with Gasteiger partial charge in [-0.3, -0.25) is 19.3 Å². The van der Waals surface area contributed by atoms with Gasteiger partial charge in [-0.25, -0.2) is 4.57 Å². The van der Waals surface area contributed by atoms with E-state index in [0.717, 1.165) is 16.4 Å². The number of nitrogen functional groups attached to an aromatic ring is 1. The van der Waals surface area contributed by atoms with Crippen LogP contribution in [0.5, 0.6) is 0 Å². The van der Waals surface area contributed by atoms with Crippen LogP contribution in [0.1, 0.15) is 23.1 Å². The molecule has 4 rings (SSSR count). The van der Waals surface area contributed by atoms with Crippen LogP contribution in [0.25, 0.3) is 0 Å². The number of aromatic nitrogens is 3. The number of rotatable bonds is 9. The van der Waals surface area contributed by atoms with Crippen LogP contribution in [0.2, 0.25) is 0 Å². The molecule has 0 spiro atoms. The molecule has 2 atom stereocenters. The summed E-state index contributed by atoms with van der Waals surface area (Å²) in [6.07, 6.45) is 3.16. The number of carboxylic acids is 1. The number of hydrogen-bond donors (Lipinski definition) is 3. The Bertz CT molecular complexity index is 1290. The molecule has 2 aromatic rings. The molecule has 2 aliphatic heterocycles. The molecule has 2 aliphatic rings. The number of aliphatic carboxylic acids is 1. The molecule has 3 amide bonds. The van der Waals surface area contributed by atoms with Gasteiger partial charge in [0, 0.05) is 35.0 Å². The van der Waals surface area contributed by atoms with Crippen molar-refractivity contribution < 1.29 is 33.7 Å². The molecule has 16 heteroatoms. The van der Waals surface area contributed by atoms with E-state index in [2.05, 4.69) is 19.8 Å². The van der Waals surface area contributed by atoms with Gasteiger partial charge in [-0.05, 0) is 6.92 Å². The van der Waals surface area contributed by atoms with Gasteiger partial charge in [0.05, 0.1) is 17.2 Å². The van der Waals surface area contributed by atoms with Crippen molar-refractivity contribution in [1.29, 1.82) is 0 Å². The van der Waals surface area contributed by atoms with Gasteiger partial charge in [0.1, 0.15) is 18.0 Å². The number of primary amides is 1. The van der Waals surface area contributed by atoms with E-state index in [1.807, 2.05) is 0 Å². The van der Waals surface area contributed by atoms with E-state index < -0.39 is 35.1 Å². The molecule has 4 heterocycles. The van der Waals surface area contributed by atoms with Gasteiger partial charge in [0.2, 0.25) is 17.4 Å². The summed E-state index contributed by atoms with van der Waals surface area (Å²) in [4.78, 5) is 59.1. The van der Waals surface area contributed by atoms with Gasteiger partial charge >= 0.3 is 0 Å². The highest BCUT2D eigenvalue weighted by atomic mass is 32.2. The second kappa shape index (κ2) is 10.3. The Morgan fingerprint density at radius 2 is 2.08 bits per heavy atom. The van der Waals surface area contributed by atoms with E-state index in [0.29, 0.717) is 11.1 Å². The van der Waals surface area contributed by atoms with Crippen LogP contribution in [0.4, 0.5) is 5.13 Å². The van der Waals surface area contributed by atoms with Gasteiger partial charge in [-0.2, -0.15) is 9.36 Å². The smallest absolute Gasteiger partial charge is 0.278 e. The minimum atomic E-state index is -1.51. The molecular weight excluding hydrogens is 512 g/mol. The molecule has 0 saturated carbocycles. The normalized spacial score (nSPS) is 19.4. The van der Waals surface area contributed by atoms with Gasteiger partial charge in [-0.15, -0.1) is 11.8 Å². The Labute approximate surface area is 212 Å². The van der Waals surface area contributed by atoms with E-state index in [1.54, 1.807) is 23.9 Å². The number of carbonyl (C=O) groups is 4. The highest BCUT2D eigenvalue weighted by Crippen LogP contribution is 2.40. The molecule has 1 unspecified atom stereocenters. The van der Waals surface area contributed by atoms with Gasteiger partial charge in [0.15, 0.2) is 24.1 Å². The summed E-state index contributed by atoms with van der Waals surface area (Å²) < 4.78 is 5.60. The number of carbonyl (C=O) groups excluding carboxylic acids is 4. The Morgan fingerprint density at radius 1 is 1.36 bits per heavy atom. The zero-order valence-corrected chi connectivity index (χ0v) is 20.4. The Morgan fingerprint density at radius 3 is 2.67 bits per heavy atom. The third kappa shape index (κ3) is 4.85. The highest BCUT2D eigenvalue weighted by Gasteiger charge is 2.53. The van der Waals surface area contributed by atoms with Crippen molar-refractivity contribution in [3.8, 4) is 0 Å². The second-order valence-electron chi connectivity index (χ2n) is 7.54. The van der Waals surface area contributed by atoms with Crippen LogP contribution in [0.3, 0.4) is 0 Å². The molecule has 188 valence electrons. The summed E-state index contributed by atoms with van der Waals surface area (Å²) in [6, 6.07) is 2.00. The van der Waals surface area contributed by atoms with Crippen molar-refractivity contribution in [2.24, 2.45) is 10.9 Å². The Kier molecular flexibility index (Phi) is 7.16. The number of anilines is 1. The Balaban J connectivity index is 1.52. The lowest BCUT2D eigenvalue weighted by molar-refractivity contribution is -0.689. The zero-order valence-electron chi connectivity index (χ0n) is 18.7. The fourth-order valence-electron chi connectivity index (χ4n) is 3.59. The fraction of sp³-hybridized carbons (Fsp3) is 0.300. The van der Waals surface area contributed by atoms with Crippen LogP contribution < -0.4 is 26.5 Å². The first-order chi connectivity index (χ1) is 17.2. The third-order valence-electron chi connectivity index (χ3n) is 5.23. The standard InChI is InChI=1S/C20H20N8O6S2/c1-2-34-25-11(15-24-20(22)36-26-15)16(30)23-12-17(31)28-13(19(32)33)10(8-35-18(12)28)7-27-5-3-9(4-6-27)14(21)29/h3-6,12,18H,2,7-8H2,1H3,(H5-,21,22,23,24,26,29,30,32,33)/b25-11-/t12?,18-/m1/s1. The third-order valence-corrected chi connectivity index (χ3v) is 7.11. The van der Waals surface area contributed by atoms with Crippen LogP contribution in [-0.2, 0) is 25.8 Å². The average Bonchev–Trinajstić information content (AvgIpc) is 3.28. The number of nitrogens with one attached hydrogen (secondary N) is 1. The summed E-state index contributed by atoms with van der Waals surface area (Å²) in [5.74, 6) is -3.28. The number of nitrogens with zero attached hydrogens (tertiary/aromatic N) is 5. The van der Waals surface area contributed by atoms with Crippen molar-refractivity contribution in [2.45, 2.75) is 24.9 Å². The van der Waals surface area contributed by atoms with E-state index >= 15 is 0 Å². The summed E-state index contributed by atoms with van der Waals surface area (Å²) in [5.41, 5.74) is 11.1. The molecule has 1 fully saturated rings. The topological polar surface area (TPSA) is 210 Å². The lowest BCUT2D eigenvalue weighted by Crippen LogP contribution is -2.71. The quantitative estimate of drug-likeness (QED) is 0.132. The highest BCUT2D eigenvalue weighted by molar-refractivity contribution is 8.00. The molecule has 0 radical (unpaired) electrons. The molecule has 1 saturated heterocycles. The lowest BCUT2D eigenvalue weighted by atomic mass is 10.0. The summed E-state index contributed by atoms with van der Waals surface area (Å²) in [5, 5.41) is 17.7. The van der Waals surface area contributed by atoms with Crippen LogP contribution in [0.15, 0.2) is 41.0 Å². The first-order valence-electron chi connectivity index (χ1n) is 10.5. The number of nitrogens with two attached hydrogens (primary N) is 2. The predicted octanol–water partition coefficient (Wildman–Crippen LogP) is -2.65. The largest absolute Gasteiger partial charge is 0.543 e. The van der Waals surface area contributed by atoms with E-state index in [-0.39, 0.29) is 41.3 Å². The molecule has 5 N–H and O–H groups in total. The number of amides is 3. The SMILES string of the molecule is CCO/N=C(\C(=O)NC1C(=O)N2C(C(=O)[O-])=C(C[n+]3ccc(C(N)=O)cc3)CS[C@H]12)c1nsc(N)n1. The van der Waals surface area contributed by atoms with E-state index in [1.165, 1.54) is 23.9 Å². The summed E-state index contributed by atoms with van der Waals surface area (Å²) >= 11 is 2.15.